The number of hydrogen-bond donors (Lipinski definition) is 1. The maximum atomic E-state index is 5.84. The lowest BCUT2D eigenvalue weighted by Crippen LogP contribution is -2.22. The Balaban J connectivity index is 2.43. The highest BCUT2D eigenvalue weighted by Gasteiger charge is 2.04. The van der Waals surface area contributed by atoms with Gasteiger partial charge in [-0.05, 0) is 24.8 Å². The smallest absolute Gasteiger partial charge is 0.126 e. The molecule has 0 aliphatic carbocycles. The molecule has 0 atom stereocenters. The van der Waals surface area contributed by atoms with Crippen molar-refractivity contribution in [3.05, 3.63) is 24.0 Å². The molecule has 0 amide bonds. The number of nitrogens with zero attached hydrogens (tertiary/aromatic N) is 1. The second-order valence-corrected chi connectivity index (χ2v) is 5.40. The van der Waals surface area contributed by atoms with Crippen LogP contribution in [0.4, 0.5) is 0 Å². The van der Waals surface area contributed by atoms with Crippen molar-refractivity contribution in [3.63, 3.8) is 0 Å². The number of nitrogens with one attached hydrogen (secondary N) is 1. The molecule has 1 rings (SSSR count). The van der Waals surface area contributed by atoms with Crippen LogP contribution in [0.15, 0.2) is 18.5 Å². The van der Waals surface area contributed by atoms with E-state index < -0.39 is 0 Å². The van der Waals surface area contributed by atoms with Gasteiger partial charge in [0.15, 0.2) is 0 Å². The van der Waals surface area contributed by atoms with E-state index in [9.17, 15) is 0 Å². The largest absolute Gasteiger partial charge is 0.493 e. The molecule has 0 saturated heterocycles. The molecule has 3 nitrogen and oxygen atoms in total. The van der Waals surface area contributed by atoms with Gasteiger partial charge in [-0.3, -0.25) is 4.98 Å². The van der Waals surface area contributed by atoms with E-state index in [1.165, 1.54) is 6.42 Å². The van der Waals surface area contributed by atoms with Crippen LogP contribution in [0.5, 0.6) is 5.75 Å². The van der Waals surface area contributed by atoms with Crippen LogP contribution in [0.1, 0.15) is 46.1 Å². The topological polar surface area (TPSA) is 34.1 Å². The Morgan fingerprint density at radius 2 is 2.06 bits per heavy atom. The first-order valence-corrected chi connectivity index (χ1v) is 6.88. The third-order valence-corrected chi connectivity index (χ3v) is 2.74. The van der Waals surface area contributed by atoms with Crippen molar-refractivity contribution in [3.8, 4) is 5.75 Å². The summed E-state index contributed by atoms with van der Waals surface area (Å²) in [4.78, 5) is 4.16. The Bertz CT molecular complexity index is 337. The number of pyridine rings is 1. The van der Waals surface area contributed by atoms with Crippen molar-refractivity contribution in [2.45, 2.75) is 53.1 Å². The first kappa shape index (κ1) is 15.0. The number of hydrogen-bond acceptors (Lipinski definition) is 3. The van der Waals surface area contributed by atoms with Gasteiger partial charge >= 0.3 is 0 Å². The fourth-order valence-electron chi connectivity index (χ4n) is 1.68. The summed E-state index contributed by atoms with van der Waals surface area (Å²) < 4.78 is 5.84. The highest BCUT2D eigenvalue weighted by molar-refractivity contribution is 5.29. The van der Waals surface area contributed by atoms with Gasteiger partial charge in [-0.15, -0.1) is 0 Å². The Morgan fingerprint density at radius 3 is 2.72 bits per heavy atom. The van der Waals surface area contributed by atoms with Crippen LogP contribution in [-0.2, 0) is 6.54 Å². The highest BCUT2D eigenvalue weighted by Crippen LogP contribution is 2.17. The van der Waals surface area contributed by atoms with E-state index in [4.69, 9.17) is 4.74 Å². The Hall–Kier alpha value is -1.09. The molecular formula is C15H26N2O. The molecule has 0 bridgehead atoms. The van der Waals surface area contributed by atoms with E-state index in [1.54, 1.807) is 6.20 Å². The quantitative estimate of drug-likeness (QED) is 0.718. The molecule has 0 aromatic carbocycles. The number of aromatic nitrogens is 1. The van der Waals surface area contributed by atoms with Gasteiger partial charge in [0.05, 0.1) is 6.61 Å². The summed E-state index contributed by atoms with van der Waals surface area (Å²) in [5, 5.41) is 3.39. The zero-order valence-corrected chi connectivity index (χ0v) is 12.1. The molecule has 1 N–H and O–H groups in total. The average Bonchev–Trinajstić information content (AvgIpc) is 2.33. The second kappa shape index (κ2) is 8.09. The summed E-state index contributed by atoms with van der Waals surface area (Å²) in [6, 6.07) is 2.42. The minimum absolute atomic E-state index is 0.471. The fraction of sp³-hybridized carbons (Fsp3) is 0.667. The van der Waals surface area contributed by atoms with Crippen LogP contribution < -0.4 is 10.1 Å². The van der Waals surface area contributed by atoms with Gasteiger partial charge in [-0.1, -0.05) is 27.7 Å². The third-order valence-electron chi connectivity index (χ3n) is 2.74. The molecule has 0 unspecified atom stereocenters. The molecule has 1 aromatic heterocycles. The summed E-state index contributed by atoms with van der Waals surface area (Å²) >= 11 is 0. The zero-order valence-electron chi connectivity index (χ0n) is 12.1. The Kier molecular flexibility index (Phi) is 6.73. The highest BCUT2D eigenvalue weighted by atomic mass is 16.5. The van der Waals surface area contributed by atoms with Gasteiger partial charge in [0.2, 0.25) is 0 Å². The van der Waals surface area contributed by atoms with Gasteiger partial charge in [-0.25, -0.2) is 0 Å². The fourth-order valence-corrected chi connectivity index (χ4v) is 1.68. The van der Waals surface area contributed by atoms with E-state index >= 15 is 0 Å². The van der Waals surface area contributed by atoms with Crippen molar-refractivity contribution < 1.29 is 4.74 Å². The lowest BCUT2D eigenvalue weighted by Gasteiger charge is -2.13. The minimum Gasteiger partial charge on any atom is -0.493 e. The summed E-state index contributed by atoms with van der Waals surface area (Å²) in [5.41, 5.74) is 1.13. The van der Waals surface area contributed by atoms with Crippen LogP contribution >= 0.6 is 0 Å². The van der Waals surface area contributed by atoms with Crippen molar-refractivity contribution >= 4 is 0 Å². The molecule has 0 fully saturated rings. The monoisotopic (exact) mass is 250 g/mol. The summed E-state index contributed by atoms with van der Waals surface area (Å²) in [6.45, 7) is 10.4. The molecule has 0 radical (unpaired) electrons. The SMILES string of the molecule is CC(C)CCCOc1ccncc1CNC(C)C. The molecule has 0 spiro atoms. The average molecular weight is 250 g/mol. The van der Waals surface area contributed by atoms with Gasteiger partial charge in [0.1, 0.15) is 5.75 Å². The lowest BCUT2D eigenvalue weighted by molar-refractivity contribution is 0.293. The molecule has 102 valence electrons. The summed E-state index contributed by atoms with van der Waals surface area (Å²) in [5.74, 6) is 1.70. The van der Waals surface area contributed by atoms with E-state index in [2.05, 4.69) is 38.0 Å². The molecule has 0 aliphatic heterocycles. The second-order valence-electron chi connectivity index (χ2n) is 5.40. The first-order valence-electron chi connectivity index (χ1n) is 6.88. The van der Waals surface area contributed by atoms with Crippen molar-refractivity contribution in [1.82, 2.24) is 10.3 Å². The normalized spacial score (nSPS) is 11.2. The van der Waals surface area contributed by atoms with E-state index in [1.807, 2.05) is 12.3 Å². The number of ether oxygens (including phenoxy) is 1. The van der Waals surface area contributed by atoms with Gasteiger partial charge in [0.25, 0.3) is 0 Å². The van der Waals surface area contributed by atoms with Crippen molar-refractivity contribution in [2.75, 3.05) is 6.61 Å². The standard InChI is InChI=1S/C15H26N2O/c1-12(2)6-5-9-18-15-7-8-16-10-14(15)11-17-13(3)4/h7-8,10,12-13,17H,5-6,9,11H2,1-4H3. The minimum atomic E-state index is 0.471. The van der Waals surface area contributed by atoms with Crippen LogP contribution in [0, 0.1) is 5.92 Å². The van der Waals surface area contributed by atoms with Crippen LogP contribution in [0.25, 0.3) is 0 Å². The van der Waals surface area contributed by atoms with Crippen LogP contribution in [-0.4, -0.2) is 17.6 Å². The van der Waals surface area contributed by atoms with Gasteiger partial charge in [0, 0.05) is 30.5 Å². The maximum absolute atomic E-state index is 5.84. The maximum Gasteiger partial charge on any atom is 0.126 e. The molecule has 0 saturated carbocycles. The van der Waals surface area contributed by atoms with E-state index in [0.717, 1.165) is 36.8 Å². The zero-order chi connectivity index (χ0) is 13.4. The van der Waals surface area contributed by atoms with E-state index in [0.29, 0.717) is 6.04 Å². The van der Waals surface area contributed by atoms with Crippen LogP contribution in [0.3, 0.4) is 0 Å². The molecule has 1 heterocycles. The van der Waals surface area contributed by atoms with Gasteiger partial charge in [-0.2, -0.15) is 0 Å². The summed E-state index contributed by atoms with van der Waals surface area (Å²) in [6.07, 6.45) is 5.99. The predicted molar refractivity (Wildman–Crippen MR) is 75.8 cm³/mol. The predicted octanol–water partition coefficient (Wildman–Crippen LogP) is 3.39. The van der Waals surface area contributed by atoms with Gasteiger partial charge < -0.3 is 10.1 Å². The molecule has 0 aliphatic rings. The molecular weight excluding hydrogens is 224 g/mol. The molecule has 1 aromatic rings. The van der Waals surface area contributed by atoms with Crippen molar-refractivity contribution in [2.24, 2.45) is 5.92 Å². The van der Waals surface area contributed by atoms with E-state index in [-0.39, 0.29) is 0 Å². The van der Waals surface area contributed by atoms with Crippen molar-refractivity contribution in [1.29, 1.82) is 0 Å². The Morgan fingerprint density at radius 1 is 1.28 bits per heavy atom. The van der Waals surface area contributed by atoms with Crippen LogP contribution in [0.2, 0.25) is 0 Å². The third kappa shape index (κ3) is 6.01. The first-order chi connectivity index (χ1) is 8.59. The summed E-state index contributed by atoms with van der Waals surface area (Å²) in [7, 11) is 0. The Labute approximate surface area is 111 Å². The lowest BCUT2D eigenvalue weighted by atomic mass is 10.1. The molecule has 3 heteroatoms. The molecule has 18 heavy (non-hydrogen) atoms. The number of rotatable bonds is 8.